The van der Waals surface area contributed by atoms with Crippen molar-refractivity contribution >= 4 is 12.2 Å². The number of nitrogens with zero attached hydrogens (tertiary/aromatic N) is 1. The molecule has 0 spiro atoms. The maximum Gasteiger partial charge on any atom is 0.177 e. The smallest absolute Gasteiger partial charge is 0.177 e. The fourth-order valence-electron chi connectivity index (χ4n) is 1.42. The maximum absolute atomic E-state index is 5.18. The van der Waals surface area contributed by atoms with Crippen LogP contribution < -0.4 is 0 Å². The minimum atomic E-state index is 0.701. The van der Waals surface area contributed by atoms with Crippen LogP contribution in [-0.2, 0) is 0 Å². The Balaban J connectivity index is 2.59. The van der Waals surface area contributed by atoms with Gasteiger partial charge in [0, 0.05) is 17.4 Å². The van der Waals surface area contributed by atoms with E-state index in [9.17, 15) is 0 Å². The molecule has 0 aromatic carbocycles. The third-order valence-corrected chi connectivity index (χ3v) is 2.63. The molecule has 1 aliphatic rings. The van der Waals surface area contributed by atoms with Crippen LogP contribution in [0, 0.1) is 18.6 Å². The van der Waals surface area contributed by atoms with E-state index in [1.165, 1.54) is 24.2 Å². The molecule has 1 saturated carbocycles. The van der Waals surface area contributed by atoms with Crippen LogP contribution in [0.5, 0.6) is 0 Å². The first-order valence-electron chi connectivity index (χ1n) is 3.98. The topological polar surface area (TPSA) is 20.7 Å². The predicted molar refractivity (Wildman–Crippen MR) is 47.4 cm³/mol. The maximum atomic E-state index is 5.18. The number of rotatable bonds is 1. The van der Waals surface area contributed by atoms with Crippen molar-refractivity contribution in [1.82, 2.24) is 9.55 Å². The van der Waals surface area contributed by atoms with Crippen LogP contribution in [0.2, 0.25) is 0 Å². The van der Waals surface area contributed by atoms with Gasteiger partial charge in [0.05, 0.1) is 0 Å². The van der Waals surface area contributed by atoms with Crippen molar-refractivity contribution in [3.05, 3.63) is 16.2 Å². The lowest BCUT2D eigenvalue weighted by Crippen LogP contribution is -1.95. The number of aryl methyl sites for hydroxylation is 1. The van der Waals surface area contributed by atoms with Crippen molar-refractivity contribution in [2.45, 2.75) is 32.7 Å². The van der Waals surface area contributed by atoms with Crippen LogP contribution in [0.15, 0.2) is 0 Å². The summed E-state index contributed by atoms with van der Waals surface area (Å²) in [5.74, 6) is 0. The van der Waals surface area contributed by atoms with Gasteiger partial charge in [-0.05, 0) is 38.9 Å². The predicted octanol–water partition coefficient (Wildman–Crippen LogP) is 2.50. The summed E-state index contributed by atoms with van der Waals surface area (Å²) in [4.78, 5) is 3.17. The Morgan fingerprint density at radius 2 is 2.09 bits per heavy atom. The van der Waals surface area contributed by atoms with Gasteiger partial charge in [0.25, 0.3) is 0 Å². The molecule has 2 rings (SSSR count). The van der Waals surface area contributed by atoms with Gasteiger partial charge in [0.1, 0.15) is 0 Å². The van der Waals surface area contributed by atoms with Gasteiger partial charge < -0.3 is 9.55 Å². The van der Waals surface area contributed by atoms with Gasteiger partial charge in [-0.2, -0.15) is 0 Å². The van der Waals surface area contributed by atoms with Gasteiger partial charge in [0.2, 0.25) is 0 Å². The second kappa shape index (κ2) is 2.21. The van der Waals surface area contributed by atoms with E-state index in [0.717, 1.165) is 4.77 Å². The Hall–Kier alpha value is -0.570. The summed E-state index contributed by atoms with van der Waals surface area (Å²) < 4.78 is 3.13. The third-order valence-electron chi connectivity index (χ3n) is 2.33. The molecule has 1 aliphatic carbocycles. The van der Waals surface area contributed by atoms with Gasteiger partial charge in [-0.1, -0.05) is 0 Å². The third kappa shape index (κ3) is 1.03. The van der Waals surface area contributed by atoms with Crippen LogP contribution >= 0.6 is 12.2 Å². The Morgan fingerprint density at radius 3 is 2.45 bits per heavy atom. The Labute approximate surface area is 71.2 Å². The first-order valence-corrected chi connectivity index (χ1v) is 4.38. The van der Waals surface area contributed by atoms with E-state index in [4.69, 9.17) is 12.2 Å². The van der Waals surface area contributed by atoms with Crippen molar-refractivity contribution in [2.75, 3.05) is 0 Å². The number of nitrogens with one attached hydrogen (secondary N) is 1. The van der Waals surface area contributed by atoms with Gasteiger partial charge in [-0.25, -0.2) is 0 Å². The highest BCUT2D eigenvalue weighted by molar-refractivity contribution is 7.71. The molecule has 1 aromatic heterocycles. The number of aromatic amines is 1. The molecule has 0 unspecified atom stereocenters. The number of aromatic nitrogens is 2. The molecule has 1 fully saturated rings. The van der Waals surface area contributed by atoms with Crippen LogP contribution in [0.1, 0.15) is 30.3 Å². The van der Waals surface area contributed by atoms with E-state index in [2.05, 4.69) is 23.4 Å². The number of hydrogen-bond acceptors (Lipinski definition) is 1. The summed E-state index contributed by atoms with van der Waals surface area (Å²) in [6, 6.07) is 0.701. The zero-order valence-electron chi connectivity index (χ0n) is 6.85. The molecular weight excluding hydrogens is 156 g/mol. The summed E-state index contributed by atoms with van der Waals surface area (Å²) in [7, 11) is 0. The summed E-state index contributed by atoms with van der Waals surface area (Å²) in [6.07, 6.45) is 2.60. The van der Waals surface area contributed by atoms with Gasteiger partial charge in [-0.3, -0.25) is 0 Å². The number of hydrogen-bond donors (Lipinski definition) is 1. The quantitative estimate of drug-likeness (QED) is 0.639. The lowest BCUT2D eigenvalue weighted by Gasteiger charge is -2.00. The van der Waals surface area contributed by atoms with E-state index in [0.29, 0.717) is 6.04 Å². The first-order chi connectivity index (χ1) is 5.20. The van der Waals surface area contributed by atoms with E-state index < -0.39 is 0 Å². The van der Waals surface area contributed by atoms with E-state index in [1.54, 1.807) is 0 Å². The van der Waals surface area contributed by atoms with Crippen molar-refractivity contribution in [3.63, 3.8) is 0 Å². The minimum absolute atomic E-state index is 0.701. The molecule has 1 aromatic rings. The molecule has 0 atom stereocenters. The zero-order valence-corrected chi connectivity index (χ0v) is 7.66. The number of H-pyrrole nitrogens is 1. The molecule has 3 heteroatoms. The SMILES string of the molecule is Cc1[nH]c(=S)n(C2CC2)c1C. The minimum Gasteiger partial charge on any atom is -0.335 e. The Kier molecular flexibility index (Phi) is 1.42. The van der Waals surface area contributed by atoms with E-state index in [1.807, 2.05) is 0 Å². The molecule has 2 nitrogen and oxygen atoms in total. The highest BCUT2D eigenvalue weighted by atomic mass is 32.1. The molecular formula is C8H12N2S. The summed E-state index contributed by atoms with van der Waals surface area (Å²) >= 11 is 5.18. The Bertz CT molecular complexity index is 330. The summed E-state index contributed by atoms with van der Waals surface area (Å²) in [6.45, 7) is 4.20. The molecule has 0 amide bonds. The van der Waals surface area contributed by atoms with Crippen molar-refractivity contribution < 1.29 is 0 Å². The highest BCUT2D eigenvalue weighted by Gasteiger charge is 2.25. The fraction of sp³-hybridized carbons (Fsp3) is 0.625. The second-order valence-electron chi connectivity index (χ2n) is 3.24. The largest absolute Gasteiger partial charge is 0.335 e. The van der Waals surface area contributed by atoms with Crippen LogP contribution in [-0.4, -0.2) is 9.55 Å². The van der Waals surface area contributed by atoms with Gasteiger partial charge in [0.15, 0.2) is 4.77 Å². The molecule has 0 bridgehead atoms. The lowest BCUT2D eigenvalue weighted by atomic mass is 10.4. The van der Waals surface area contributed by atoms with Crippen molar-refractivity contribution in [2.24, 2.45) is 0 Å². The summed E-state index contributed by atoms with van der Waals surface area (Å²) in [5, 5.41) is 0. The molecule has 1 heterocycles. The average molecular weight is 168 g/mol. The van der Waals surface area contributed by atoms with Crippen LogP contribution in [0.3, 0.4) is 0 Å². The fourth-order valence-corrected chi connectivity index (χ4v) is 1.86. The van der Waals surface area contributed by atoms with E-state index >= 15 is 0 Å². The monoisotopic (exact) mass is 168 g/mol. The summed E-state index contributed by atoms with van der Waals surface area (Å²) in [5.41, 5.74) is 2.51. The molecule has 0 saturated heterocycles. The average Bonchev–Trinajstić information content (AvgIpc) is 2.68. The molecule has 11 heavy (non-hydrogen) atoms. The second-order valence-corrected chi connectivity index (χ2v) is 3.63. The molecule has 1 N–H and O–H groups in total. The standard InChI is InChI=1S/C8H12N2S/c1-5-6(2)10(7-3-4-7)8(11)9-5/h7H,3-4H2,1-2H3,(H,9,11). The lowest BCUT2D eigenvalue weighted by molar-refractivity contribution is 0.705. The highest BCUT2D eigenvalue weighted by Crippen LogP contribution is 2.36. The Morgan fingerprint density at radius 1 is 1.45 bits per heavy atom. The molecule has 0 radical (unpaired) electrons. The molecule has 0 aliphatic heterocycles. The van der Waals surface area contributed by atoms with Crippen LogP contribution in [0.4, 0.5) is 0 Å². The van der Waals surface area contributed by atoms with Gasteiger partial charge >= 0.3 is 0 Å². The zero-order chi connectivity index (χ0) is 8.01. The van der Waals surface area contributed by atoms with E-state index in [-0.39, 0.29) is 0 Å². The first kappa shape index (κ1) is 7.10. The number of imidazole rings is 1. The van der Waals surface area contributed by atoms with Crippen molar-refractivity contribution in [1.29, 1.82) is 0 Å². The normalized spacial score (nSPS) is 17.3. The van der Waals surface area contributed by atoms with Gasteiger partial charge in [-0.15, -0.1) is 0 Å². The van der Waals surface area contributed by atoms with Crippen LogP contribution in [0.25, 0.3) is 0 Å². The van der Waals surface area contributed by atoms with Crippen molar-refractivity contribution in [3.8, 4) is 0 Å². The molecule has 60 valence electrons.